The minimum Gasteiger partial charge on any atom is -0.345 e. The monoisotopic (exact) mass is 557 g/mol. The van der Waals surface area contributed by atoms with Gasteiger partial charge in [-0.1, -0.05) is 23.5 Å². The fourth-order valence-corrected chi connectivity index (χ4v) is 7.94. The number of imidazole rings is 1. The predicted molar refractivity (Wildman–Crippen MR) is 145 cm³/mol. The Labute approximate surface area is 227 Å². The molecule has 202 valence electrons. The van der Waals surface area contributed by atoms with Crippen molar-refractivity contribution in [1.29, 1.82) is 0 Å². The molecule has 0 saturated carbocycles. The van der Waals surface area contributed by atoms with Gasteiger partial charge in [-0.3, -0.25) is 0 Å². The Bertz CT molecular complexity index is 1400. The Hall–Kier alpha value is -2.85. The number of thiazole rings is 1. The Balaban J connectivity index is 1.26. The average Bonchev–Trinajstić information content (AvgIpc) is 3.60. The van der Waals surface area contributed by atoms with E-state index in [9.17, 15) is 12.8 Å². The van der Waals surface area contributed by atoms with Crippen molar-refractivity contribution in [2.45, 2.75) is 42.0 Å². The summed E-state index contributed by atoms with van der Waals surface area (Å²) >= 11 is 1.23. The van der Waals surface area contributed by atoms with Gasteiger partial charge in [0.2, 0.25) is 5.54 Å². The van der Waals surface area contributed by atoms with E-state index in [1.54, 1.807) is 24.7 Å². The van der Waals surface area contributed by atoms with Crippen LogP contribution in [0.1, 0.15) is 37.1 Å². The van der Waals surface area contributed by atoms with E-state index in [1.165, 1.54) is 34.0 Å². The maximum absolute atomic E-state index is 13.4. The molecule has 0 spiro atoms. The number of piperidine rings is 1. The van der Waals surface area contributed by atoms with Crippen LogP contribution in [0.2, 0.25) is 0 Å². The number of likely N-dealkylation sites (N-methyl/N-ethyl adjacent to an activating group) is 1. The highest BCUT2D eigenvalue weighted by molar-refractivity contribution is 7.91. The molecule has 2 aliphatic heterocycles. The molecule has 0 radical (unpaired) electrons. The van der Waals surface area contributed by atoms with Gasteiger partial charge in [0.1, 0.15) is 5.82 Å². The van der Waals surface area contributed by atoms with E-state index in [0.29, 0.717) is 19.3 Å². The predicted octanol–water partition coefficient (Wildman–Crippen LogP) is 3.53. The van der Waals surface area contributed by atoms with Crippen molar-refractivity contribution >= 4 is 26.5 Å². The third-order valence-electron chi connectivity index (χ3n) is 7.76. The number of anilines is 1. The van der Waals surface area contributed by atoms with Crippen LogP contribution in [0.5, 0.6) is 0 Å². The van der Waals surface area contributed by atoms with E-state index in [1.807, 2.05) is 11.5 Å². The molecule has 3 aromatic rings. The molecule has 4 heterocycles. The molecule has 1 atom stereocenters. The molecular weight excluding hydrogens is 525 g/mol. The van der Waals surface area contributed by atoms with Crippen molar-refractivity contribution in [3.63, 3.8) is 0 Å². The van der Waals surface area contributed by atoms with Crippen molar-refractivity contribution in [3.8, 4) is 0 Å². The van der Waals surface area contributed by atoms with Crippen LogP contribution < -0.4 is 4.90 Å². The van der Waals surface area contributed by atoms with Crippen LogP contribution in [-0.2, 0) is 16.4 Å². The fourth-order valence-electron chi connectivity index (χ4n) is 5.17. The number of hydrogen-bond donors (Lipinski definition) is 0. The highest BCUT2D eigenvalue weighted by atomic mass is 32.2. The van der Waals surface area contributed by atoms with E-state index in [4.69, 9.17) is 6.57 Å². The zero-order valence-electron chi connectivity index (χ0n) is 21.6. The average molecular weight is 558 g/mol. The third kappa shape index (κ3) is 5.33. The van der Waals surface area contributed by atoms with E-state index in [2.05, 4.69) is 31.7 Å². The van der Waals surface area contributed by atoms with Crippen LogP contribution in [-0.4, -0.2) is 84.0 Å². The van der Waals surface area contributed by atoms with Gasteiger partial charge in [-0.25, -0.2) is 29.3 Å². The van der Waals surface area contributed by atoms with E-state index < -0.39 is 15.6 Å². The smallest absolute Gasteiger partial charge is 0.254 e. The number of rotatable bonds is 7. The first-order valence-electron chi connectivity index (χ1n) is 12.7. The first-order chi connectivity index (χ1) is 18.2. The number of nitrogens with zero attached hydrogens (tertiary/aromatic N) is 7. The van der Waals surface area contributed by atoms with Gasteiger partial charge < -0.3 is 19.2 Å². The zero-order valence-corrected chi connectivity index (χ0v) is 23.3. The standard InChI is InChI=1S/C26H32FN7O2S2/c1-20(21-4-6-22(27)7-5-21)34-19-29-17-23(34)16-26(28-2)8-10-33(11-9-26)38(35,36)24-18-30-25(37-24)32-14-12-31(3)13-15-32/h4-7,17-20H,8-16H2,1,3H3/t20-/m1/s1. The van der Waals surface area contributed by atoms with Gasteiger partial charge in [0, 0.05) is 64.0 Å². The molecule has 2 saturated heterocycles. The van der Waals surface area contributed by atoms with Gasteiger partial charge in [0.15, 0.2) is 9.34 Å². The van der Waals surface area contributed by atoms with Crippen molar-refractivity contribution in [1.82, 2.24) is 23.7 Å². The van der Waals surface area contributed by atoms with E-state index >= 15 is 0 Å². The number of sulfonamides is 1. The van der Waals surface area contributed by atoms with Gasteiger partial charge in [-0.15, -0.1) is 0 Å². The number of hydrogen-bond acceptors (Lipinski definition) is 7. The molecule has 2 fully saturated rings. The Morgan fingerprint density at radius 3 is 2.45 bits per heavy atom. The van der Waals surface area contributed by atoms with Crippen LogP contribution in [0.4, 0.5) is 9.52 Å². The van der Waals surface area contributed by atoms with Crippen molar-refractivity contribution in [2.75, 3.05) is 51.2 Å². The van der Waals surface area contributed by atoms with Gasteiger partial charge >= 0.3 is 0 Å². The van der Waals surface area contributed by atoms with Crippen molar-refractivity contribution in [3.05, 3.63) is 71.5 Å². The normalized spacial score (nSPS) is 19.8. The third-order valence-corrected chi connectivity index (χ3v) is 11.2. The highest BCUT2D eigenvalue weighted by Crippen LogP contribution is 2.36. The lowest BCUT2D eigenvalue weighted by Gasteiger charge is -2.33. The number of piperazine rings is 1. The second-order valence-corrected chi connectivity index (χ2v) is 13.4. The fraction of sp³-hybridized carbons (Fsp3) is 0.500. The summed E-state index contributed by atoms with van der Waals surface area (Å²) in [6.07, 6.45) is 6.34. The zero-order chi connectivity index (χ0) is 26.9. The molecule has 38 heavy (non-hydrogen) atoms. The van der Waals surface area contributed by atoms with E-state index in [0.717, 1.165) is 42.6 Å². The van der Waals surface area contributed by atoms with Crippen LogP contribution in [0.25, 0.3) is 4.85 Å². The topological polar surface area (TPSA) is 78.9 Å². The summed E-state index contributed by atoms with van der Waals surface area (Å²) in [5, 5.41) is 0.743. The molecule has 0 aliphatic carbocycles. The van der Waals surface area contributed by atoms with Gasteiger partial charge in [0.25, 0.3) is 10.0 Å². The maximum Gasteiger partial charge on any atom is 0.254 e. The molecule has 0 unspecified atom stereocenters. The van der Waals surface area contributed by atoms with E-state index in [-0.39, 0.29) is 29.2 Å². The first-order valence-corrected chi connectivity index (χ1v) is 15.0. The molecule has 1 aromatic carbocycles. The Kier molecular flexibility index (Phi) is 7.55. The lowest BCUT2D eigenvalue weighted by Crippen LogP contribution is -2.46. The summed E-state index contributed by atoms with van der Waals surface area (Å²) < 4.78 is 44.0. The van der Waals surface area contributed by atoms with Crippen LogP contribution in [0.15, 0.2) is 47.2 Å². The molecule has 2 aliphatic rings. The van der Waals surface area contributed by atoms with Crippen LogP contribution >= 0.6 is 11.3 Å². The summed E-state index contributed by atoms with van der Waals surface area (Å²) in [5.41, 5.74) is 1.16. The molecule has 12 heteroatoms. The molecule has 5 rings (SSSR count). The molecule has 2 aromatic heterocycles. The summed E-state index contributed by atoms with van der Waals surface area (Å²) in [6.45, 7) is 14.1. The summed E-state index contributed by atoms with van der Waals surface area (Å²) in [6, 6.07) is 6.32. The summed E-state index contributed by atoms with van der Waals surface area (Å²) in [5.74, 6) is -0.283. The summed E-state index contributed by atoms with van der Waals surface area (Å²) in [4.78, 5) is 17.1. The minimum absolute atomic E-state index is 0.0721. The SMILES string of the molecule is [C-]#[N+]C1(Cc2cncn2[C@H](C)c2ccc(F)cc2)CCN(S(=O)(=O)c2cnc(N3CCN(C)CC3)s2)CC1. The minimum atomic E-state index is -3.67. The highest BCUT2D eigenvalue weighted by Gasteiger charge is 2.45. The molecule has 9 nitrogen and oxygen atoms in total. The lowest BCUT2D eigenvalue weighted by atomic mass is 9.84. The molecule has 0 N–H and O–H groups in total. The quantitative estimate of drug-likeness (QED) is 0.414. The Morgan fingerprint density at radius 1 is 1.11 bits per heavy atom. The second kappa shape index (κ2) is 10.7. The molecular formula is C26H32FN7O2S2. The lowest BCUT2D eigenvalue weighted by molar-refractivity contribution is 0.264. The van der Waals surface area contributed by atoms with Crippen molar-refractivity contribution in [2.24, 2.45) is 0 Å². The van der Waals surface area contributed by atoms with Gasteiger partial charge in [0.05, 0.1) is 25.0 Å². The van der Waals surface area contributed by atoms with Gasteiger partial charge in [-0.2, -0.15) is 4.31 Å². The number of halogens is 1. The largest absolute Gasteiger partial charge is 0.345 e. The van der Waals surface area contributed by atoms with Crippen molar-refractivity contribution < 1.29 is 12.8 Å². The van der Waals surface area contributed by atoms with Gasteiger partial charge in [-0.05, 0) is 31.7 Å². The second-order valence-electron chi connectivity index (χ2n) is 10.2. The molecule has 0 bridgehead atoms. The Morgan fingerprint density at radius 2 is 1.79 bits per heavy atom. The molecule has 0 amide bonds. The first kappa shape index (κ1) is 26.7. The number of aromatic nitrogens is 3. The van der Waals surface area contributed by atoms with Crippen LogP contribution in [0, 0.1) is 12.4 Å². The van der Waals surface area contributed by atoms with Crippen LogP contribution in [0.3, 0.4) is 0 Å². The summed E-state index contributed by atoms with van der Waals surface area (Å²) in [7, 11) is -1.59. The maximum atomic E-state index is 13.4. The number of benzene rings is 1.